The van der Waals surface area contributed by atoms with E-state index in [-0.39, 0.29) is 5.91 Å². The predicted molar refractivity (Wildman–Crippen MR) is 79.7 cm³/mol. The lowest BCUT2D eigenvalue weighted by Crippen LogP contribution is -2.36. The Morgan fingerprint density at radius 3 is 2.79 bits per heavy atom. The Labute approximate surface area is 122 Å². The maximum atomic E-state index is 12.3. The van der Waals surface area contributed by atoms with E-state index < -0.39 is 0 Å². The average Bonchev–Trinajstić information content (AvgIpc) is 2.42. The Hall–Kier alpha value is -1.03. The molecule has 0 radical (unpaired) electrons. The third-order valence-electron chi connectivity index (χ3n) is 3.43. The molecule has 1 aliphatic rings. The van der Waals surface area contributed by atoms with Gasteiger partial charge in [-0.3, -0.25) is 4.79 Å². The highest BCUT2D eigenvalue weighted by molar-refractivity contribution is 9.10. The normalized spacial score (nSPS) is 16.1. The Kier molecular flexibility index (Phi) is 5.25. The highest BCUT2D eigenvalue weighted by Crippen LogP contribution is 2.24. The fraction of sp³-hybridized carbons (Fsp3) is 0.533. The molecule has 0 aliphatic heterocycles. The number of hydrogen-bond donors (Lipinski definition) is 1. The molecule has 2 rings (SSSR count). The van der Waals surface area contributed by atoms with Crippen molar-refractivity contribution in [3.63, 3.8) is 0 Å². The van der Waals surface area contributed by atoms with E-state index in [0.717, 1.165) is 17.3 Å². The molecule has 4 heteroatoms. The molecule has 104 valence electrons. The number of carbonyl (C=O) groups is 1. The van der Waals surface area contributed by atoms with Crippen LogP contribution >= 0.6 is 15.9 Å². The van der Waals surface area contributed by atoms with E-state index in [4.69, 9.17) is 4.74 Å². The van der Waals surface area contributed by atoms with E-state index in [1.165, 1.54) is 19.3 Å². The minimum absolute atomic E-state index is 0.0309. The van der Waals surface area contributed by atoms with Crippen LogP contribution in [-0.2, 0) is 0 Å². The zero-order valence-corrected chi connectivity index (χ0v) is 12.8. The third kappa shape index (κ3) is 3.96. The van der Waals surface area contributed by atoms with E-state index in [0.29, 0.717) is 24.0 Å². The SMILES string of the molecule is CCOc1ccc(Br)cc1C(=O)NC1CCCCC1. The summed E-state index contributed by atoms with van der Waals surface area (Å²) < 4.78 is 6.41. The number of ether oxygens (including phenoxy) is 1. The molecule has 0 bridgehead atoms. The van der Waals surface area contributed by atoms with Crippen molar-refractivity contribution in [2.45, 2.75) is 45.1 Å². The Bertz CT molecular complexity index is 442. The monoisotopic (exact) mass is 325 g/mol. The molecule has 0 saturated heterocycles. The van der Waals surface area contributed by atoms with Crippen molar-refractivity contribution in [2.75, 3.05) is 6.61 Å². The molecule has 1 fully saturated rings. The smallest absolute Gasteiger partial charge is 0.255 e. The van der Waals surface area contributed by atoms with Gasteiger partial charge in [0.05, 0.1) is 12.2 Å². The summed E-state index contributed by atoms with van der Waals surface area (Å²) in [5.74, 6) is 0.621. The summed E-state index contributed by atoms with van der Waals surface area (Å²) in [6.45, 7) is 2.48. The largest absolute Gasteiger partial charge is 0.493 e. The summed E-state index contributed by atoms with van der Waals surface area (Å²) in [6, 6.07) is 5.87. The van der Waals surface area contributed by atoms with Crippen molar-refractivity contribution in [1.29, 1.82) is 0 Å². The van der Waals surface area contributed by atoms with Gasteiger partial charge in [0.2, 0.25) is 0 Å². The van der Waals surface area contributed by atoms with Crippen molar-refractivity contribution in [1.82, 2.24) is 5.32 Å². The number of carbonyl (C=O) groups excluding carboxylic acids is 1. The van der Waals surface area contributed by atoms with Crippen LogP contribution in [0.25, 0.3) is 0 Å². The molecule has 1 amide bonds. The number of rotatable bonds is 4. The topological polar surface area (TPSA) is 38.3 Å². The summed E-state index contributed by atoms with van der Waals surface area (Å²) in [5.41, 5.74) is 0.613. The summed E-state index contributed by atoms with van der Waals surface area (Å²) in [5, 5.41) is 3.12. The van der Waals surface area contributed by atoms with Gasteiger partial charge in [-0.05, 0) is 38.0 Å². The van der Waals surface area contributed by atoms with E-state index >= 15 is 0 Å². The van der Waals surface area contributed by atoms with Gasteiger partial charge in [-0.2, -0.15) is 0 Å². The summed E-state index contributed by atoms with van der Waals surface area (Å²) in [6.07, 6.45) is 5.88. The summed E-state index contributed by atoms with van der Waals surface area (Å²) >= 11 is 3.41. The number of benzene rings is 1. The Morgan fingerprint density at radius 1 is 1.37 bits per heavy atom. The van der Waals surface area contributed by atoms with Crippen LogP contribution in [0.2, 0.25) is 0 Å². The zero-order chi connectivity index (χ0) is 13.7. The fourth-order valence-corrected chi connectivity index (χ4v) is 2.83. The standard InChI is InChI=1S/C15H20BrNO2/c1-2-19-14-9-8-11(16)10-13(14)15(18)17-12-6-4-3-5-7-12/h8-10,12H,2-7H2,1H3,(H,17,18). The van der Waals surface area contributed by atoms with Crippen molar-refractivity contribution in [3.8, 4) is 5.75 Å². The lowest BCUT2D eigenvalue weighted by Gasteiger charge is -2.23. The van der Waals surface area contributed by atoms with Gasteiger partial charge in [0.25, 0.3) is 5.91 Å². The van der Waals surface area contributed by atoms with Crippen LogP contribution < -0.4 is 10.1 Å². The molecule has 0 atom stereocenters. The van der Waals surface area contributed by atoms with Crippen molar-refractivity contribution in [3.05, 3.63) is 28.2 Å². The second kappa shape index (κ2) is 6.94. The molecule has 0 heterocycles. The molecule has 0 unspecified atom stereocenters. The molecule has 1 saturated carbocycles. The summed E-state index contributed by atoms with van der Waals surface area (Å²) in [7, 11) is 0. The summed E-state index contributed by atoms with van der Waals surface area (Å²) in [4.78, 5) is 12.3. The Balaban J connectivity index is 2.10. The second-order valence-electron chi connectivity index (χ2n) is 4.88. The zero-order valence-electron chi connectivity index (χ0n) is 11.2. The average molecular weight is 326 g/mol. The number of nitrogens with one attached hydrogen (secondary N) is 1. The lowest BCUT2D eigenvalue weighted by atomic mass is 9.95. The van der Waals surface area contributed by atoms with Crippen molar-refractivity contribution >= 4 is 21.8 Å². The van der Waals surface area contributed by atoms with E-state index in [9.17, 15) is 4.79 Å². The van der Waals surface area contributed by atoms with Gasteiger partial charge in [-0.15, -0.1) is 0 Å². The van der Waals surface area contributed by atoms with Gasteiger partial charge in [-0.1, -0.05) is 35.2 Å². The van der Waals surface area contributed by atoms with Crippen molar-refractivity contribution in [2.24, 2.45) is 0 Å². The maximum absolute atomic E-state index is 12.3. The van der Waals surface area contributed by atoms with Crippen LogP contribution in [0.3, 0.4) is 0 Å². The van der Waals surface area contributed by atoms with Crippen LogP contribution in [0.1, 0.15) is 49.4 Å². The molecular formula is C15H20BrNO2. The molecular weight excluding hydrogens is 306 g/mol. The molecule has 0 aromatic heterocycles. The Morgan fingerprint density at radius 2 is 2.11 bits per heavy atom. The minimum Gasteiger partial charge on any atom is -0.493 e. The molecule has 1 aromatic carbocycles. The first-order valence-electron chi connectivity index (χ1n) is 6.94. The molecule has 1 aromatic rings. The van der Waals surface area contributed by atoms with Gasteiger partial charge in [0.1, 0.15) is 5.75 Å². The van der Waals surface area contributed by atoms with E-state index in [1.807, 2.05) is 25.1 Å². The van der Waals surface area contributed by atoms with Gasteiger partial charge in [0, 0.05) is 10.5 Å². The fourth-order valence-electron chi connectivity index (χ4n) is 2.47. The third-order valence-corrected chi connectivity index (χ3v) is 3.92. The first-order chi connectivity index (χ1) is 9.20. The first kappa shape index (κ1) is 14.4. The van der Waals surface area contributed by atoms with Gasteiger partial charge in [-0.25, -0.2) is 0 Å². The molecule has 1 N–H and O–H groups in total. The molecule has 1 aliphatic carbocycles. The molecule has 19 heavy (non-hydrogen) atoms. The second-order valence-corrected chi connectivity index (χ2v) is 5.80. The minimum atomic E-state index is -0.0309. The van der Waals surface area contributed by atoms with Crippen LogP contribution in [0.4, 0.5) is 0 Å². The van der Waals surface area contributed by atoms with Crippen LogP contribution in [0, 0.1) is 0 Å². The first-order valence-corrected chi connectivity index (χ1v) is 7.73. The molecule has 0 spiro atoms. The highest BCUT2D eigenvalue weighted by atomic mass is 79.9. The highest BCUT2D eigenvalue weighted by Gasteiger charge is 2.19. The van der Waals surface area contributed by atoms with Crippen molar-refractivity contribution < 1.29 is 9.53 Å². The number of halogens is 1. The lowest BCUT2D eigenvalue weighted by molar-refractivity contribution is 0.0924. The number of amides is 1. The van der Waals surface area contributed by atoms with Gasteiger partial charge >= 0.3 is 0 Å². The van der Waals surface area contributed by atoms with E-state index in [2.05, 4.69) is 21.2 Å². The van der Waals surface area contributed by atoms with Crippen LogP contribution in [0.5, 0.6) is 5.75 Å². The predicted octanol–water partition coefficient (Wildman–Crippen LogP) is 3.91. The van der Waals surface area contributed by atoms with Gasteiger partial charge < -0.3 is 10.1 Å². The number of hydrogen-bond acceptors (Lipinski definition) is 2. The quantitative estimate of drug-likeness (QED) is 0.911. The maximum Gasteiger partial charge on any atom is 0.255 e. The van der Waals surface area contributed by atoms with Gasteiger partial charge in [0.15, 0.2) is 0 Å². The van der Waals surface area contributed by atoms with E-state index in [1.54, 1.807) is 0 Å². The molecule has 3 nitrogen and oxygen atoms in total. The van der Waals surface area contributed by atoms with Crippen LogP contribution in [0.15, 0.2) is 22.7 Å². The van der Waals surface area contributed by atoms with Crippen LogP contribution in [-0.4, -0.2) is 18.6 Å².